The second kappa shape index (κ2) is 12.1. The van der Waals surface area contributed by atoms with E-state index >= 15 is 0 Å². The number of benzene rings is 3. The first-order chi connectivity index (χ1) is 16.8. The summed E-state index contributed by atoms with van der Waals surface area (Å²) in [5, 5.41) is 0. The molecule has 0 amide bonds. The monoisotopic (exact) mass is 455 g/mol. The van der Waals surface area contributed by atoms with Gasteiger partial charge in [0.2, 0.25) is 0 Å². The third kappa shape index (κ3) is 5.84. The highest BCUT2D eigenvalue weighted by Crippen LogP contribution is 2.60. The third-order valence-electron chi connectivity index (χ3n) is 7.44. The molecule has 1 saturated heterocycles. The molecule has 0 bridgehead atoms. The number of nitrogens with zero attached hydrogens (tertiary/aromatic N) is 1. The molecule has 0 unspecified atom stereocenters. The quantitative estimate of drug-likeness (QED) is 0.178. The Morgan fingerprint density at radius 3 is 2.06 bits per heavy atom. The fourth-order valence-corrected chi connectivity index (χ4v) is 5.69. The lowest BCUT2D eigenvalue weighted by Crippen LogP contribution is -2.22. The molecule has 2 nitrogen and oxygen atoms in total. The fourth-order valence-electron chi connectivity index (χ4n) is 5.69. The molecule has 34 heavy (non-hydrogen) atoms. The molecule has 2 atom stereocenters. The van der Waals surface area contributed by atoms with E-state index in [9.17, 15) is 0 Å². The molecule has 0 aliphatic carbocycles. The second-order valence-corrected chi connectivity index (χ2v) is 9.88. The standard InChI is InChI=1S/C32H41NO/c1-3-4-5-6-7-8-9-16-24-32(26-27-18-17-23-30(25-27)34-2)31(28-19-12-10-13-20-28)33(32)29-21-14-11-15-22-29/h10-15,17-23,25,31H,3-9,16,24,26H2,1-2H3/t31-,32-,33?/m1/s1. The zero-order valence-corrected chi connectivity index (χ0v) is 21.1. The van der Waals surface area contributed by atoms with Crippen molar-refractivity contribution in [1.29, 1.82) is 0 Å². The van der Waals surface area contributed by atoms with E-state index in [-0.39, 0.29) is 5.54 Å². The van der Waals surface area contributed by atoms with Gasteiger partial charge in [0.25, 0.3) is 0 Å². The van der Waals surface area contributed by atoms with Gasteiger partial charge in [-0.25, -0.2) is 0 Å². The van der Waals surface area contributed by atoms with Crippen LogP contribution in [0.4, 0.5) is 5.69 Å². The van der Waals surface area contributed by atoms with Crippen molar-refractivity contribution in [3.8, 4) is 5.75 Å². The Morgan fingerprint density at radius 2 is 1.38 bits per heavy atom. The normalized spacial score (nSPS) is 19.2. The number of hydrogen-bond acceptors (Lipinski definition) is 2. The van der Waals surface area contributed by atoms with E-state index < -0.39 is 0 Å². The Morgan fingerprint density at radius 1 is 0.735 bits per heavy atom. The molecule has 1 aliphatic rings. The molecule has 4 rings (SSSR count). The molecule has 1 fully saturated rings. The Kier molecular flexibility index (Phi) is 8.68. The van der Waals surface area contributed by atoms with Crippen LogP contribution in [0.3, 0.4) is 0 Å². The number of hydrogen-bond donors (Lipinski definition) is 0. The van der Waals surface area contributed by atoms with Gasteiger partial charge in [-0.05, 0) is 48.2 Å². The minimum absolute atomic E-state index is 0.108. The summed E-state index contributed by atoms with van der Waals surface area (Å²) >= 11 is 0. The van der Waals surface area contributed by atoms with Gasteiger partial charge in [0.1, 0.15) is 5.75 Å². The first-order valence-corrected chi connectivity index (χ1v) is 13.3. The maximum absolute atomic E-state index is 5.55. The van der Waals surface area contributed by atoms with Gasteiger partial charge in [-0.2, -0.15) is 0 Å². The molecule has 180 valence electrons. The van der Waals surface area contributed by atoms with Crippen LogP contribution in [-0.4, -0.2) is 12.6 Å². The van der Waals surface area contributed by atoms with Crippen LogP contribution in [0.25, 0.3) is 0 Å². The number of para-hydroxylation sites is 1. The van der Waals surface area contributed by atoms with Gasteiger partial charge in [-0.3, -0.25) is 0 Å². The van der Waals surface area contributed by atoms with E-state index in [4.69, 9.17) is 4.74 Å². The van der Waals surface area contributed by atoms with Crippen LogP contribution in [0, 0.1) is 0 Å². The molecule has 1 aliphatic heterocycles. The number of ether oxygens (including phenoxy) is 1. The summed E-state index contributed by atoms with van der Waals surface area (Å²) in [5.74, 6) is 0.947. The molecule has 0 radical (unpaired) electrons. The molecule has 0 N–H and O–H groups in total. The second-order valence-electron chi connectivity index (χ2n) is 9.88. The Hall–Kier alpha value is -2.74. The number of rotatable bonds is 14. The van der Waals surface area contributed by atoms with Gasteiger partial charge < -0.3 is 9.64 Å². The van der Waals surface area contributed by atoms with Crippen LogP contribution in [0.2, 0.25) is 0 Å². The predicted octanol–water partition coefficient (Wildman–Crippen LogP) is 8.77. The zero-order chi connectivity index (χ0) is 23.6. The van der Waals surface area contributed by atoms with Crippen molar-refractivity contribution in [2.24, 2.45) is 0 Å². The predicted molar refractivity (Wildman–Crippen MR) is 145 cm³/mol. The summed E-state index contributed by atoms with van der Waals surface area (Å²) in [6, 6.07) is 31.2. The molecule has 0 spiro atoms. The number of methoxy groups -OCH3 is 1. The summed E-state index contributed by atoms with van der Waals surface area (Å²) < 4.78 is 5.55. The molecular formula is C32H41NO. The van der Waals surface area contributed by atoms with Crippen molar-refractivity contribution in [2.45, 2.75) is 82.7 Å². The molecule has 1 heterocycles. The average molecular weight is 456 g/mol. The summed E-state index contributed by atoms with van der Waals surface area (Å²) in [6.45, 7) is 2.29. The minimum Gasteiger partial charge on any atom is -0.497 e. The van der Waals surface area contributed by atoms with Crippen LogP contribution in [0.15, 0.2) is 84.9 Å². The van der Waals surface area contributed by atoms with Gasteiger partial charge in [0, 0.05) is 5.69 Å². The van der Waals surface area contributed by atoms with Crippen molar-refractivity contribution < 1.29 is 4.74 Å². The molecule has 0 saturated carbocycles. The minimum atomic E-state index is 0.108. The summed E-state index contributed by atoms with van der Waals surface area (Å²) in [4.78, 5) is 2.68. The van der Waals surface area contributed by atoms with E-state index in [2.05, 4.69) is 90.7 Å². The maximum Gasteiger partial charge on any atom is 0.119 e. The van der Waals surface area contributed by atoms with Gasteiger partial charge in [0.15, 0.2) is 0 Å². The van der Waals surface area contributed by atoms with Crippen LogP contribution in [-0.2, 0) is 6.42 Å². The first-order valence-electron chi connectivity index (χ1n) is 13.3. The van der Waals surface area contributed by atoms with Gasteiger partial charge >= 0.3 is 0 Å². The smallest absolute Gasteiger partial charge is 0.119 e. The van der Waals surface area contributed by atoms with Gasteiger partial charge in [-0.15, -0.1) is 0 Å². The lowest BCUT2D eigenvalue weighted by molar-refractivity contribution is 0.413. The Labute approximate surface area is 207 Å². The van der Waals surface area contributed by atoms with Crippen molar-refractivity contribution in [3.05, 3.63) is 96.1 Å². The Bertz CT molecular complexity index is 939. The summed E-state index contributed by atoms with van der Waals surface area (Å²) in [5.41, 5.74) is 4.22. The Balaban J connectivity index is 1.55. The van der Waals surface area contributed by atoms with Crippen LogP contribution in [0.1, 0.15) is 81.9 Å². The van der Waals surface area contributed by atoms with Crippen molar-refractivity contribution in [2.75, 3.05) is 12.0 Å². The van der Waals surface area contributed by atoms with E-state index in [1.807, 2.05) is 6.07 Å². The molecular weight excluding hydrogens is 414 g/mol. The highest BCUT2D eigenvalue weighted by atomic mass is 16.5. The average Bonchev–Trinajstić information content (AvgIpc) is 3.54. The highest BCUT2D eigenvalue weighted by molar-refractivity contribution is 5.64. The summed E-state index contributed by atoms with van der Waals surface area (Å²) in [7, 11) is 1.76. The lowest BCUT2D eigenvalue weighted by atomic mass is 9.87. The number of unbranched alkanes of at least 4 members (excludes halogenated alkanes) is 7. The molecule has 2 heteroatoms. The lowest BCUT2D eigenvalue weighted by Gasteiger charge is -2.19. The van der Waals surface area contributed by atoms with Crippen LogP contribution < -0.4 is 9.64 Å². The molecule has 3 aromatic carbocycles. The van der Waals surface area contributed by atoms with Crippen molar-refractivity contribution in [1.82, 2.24) is 0 Å². The van der Waals surface area contributed by atoms with E-state index in [0.717, 1.165) is 12.2 Å². The van der Waals surface area contributed by atoms with Gasteiger partial charge in [0.05, 0.1) is 18.7 Å². The van der Waals surface area contributed by atoms with Crippen LogP contribution >= 0.6 is 0 Å². The summed E-state index contributed by atoms with van der Waals surface area (Å²) in [6.07, 6.45) is 13.1. The van der Waals surface area contributed by atoms with Crippen molar-refractivity contribution in [3.63, 3.8) is 0 Å². The third-order valence-corrected chi connectivity index (χ3v) is 7.44. The fraction of sp³-hybridized carbons (Fsp3) is 0.438. The first kappa shape index (κ1) is 24.4. The van der Waals surface area contributed by atoms with E-state index in [1.165, 1.54) is 74.6 Å². The maximum atomic E-state index is 5.55. The zero-order valence-electron chi connectivity index (χ0n) is 21.1. The van der Waals surface area contributed by atoms with E-state index in [1.54, 1.807) is 7.11 Å². The SMILES string of the molecule is CCCCCCCCCC[C@@]1(Cc2cccc(OC)c2)[C@@H](c2ccccc2)N1c1ccccc1. The molecule has 3 aromatic rings. The largest absolute Gasteiger partial charge is 0.497 e. The topological polar surface area (TPSA) is 12.2 Å². The van der Waals surface area contributed by atoms with Gasteiger partial charge in [-0.1, -0.05) is 119 Å². The van der Waals surface area contributed by atoms with E-state index in [0.29, 0.717) is 6.04 Å². The molecule has 0 aromatic heterocycles. The highest BCUT2D eigenvalue weighted by Gasteiger charge is 2.62. The van der Waals surface area contributed by atoms with Crippen LogP contribution in [0.5, 0.6) is 5.75 Å². The number of anilines is 1. The van der Waals surface area contributed by atoms with Crippen molar-refractivity contribution >= 4 is 5.69 Å².